The summed E-state index contributed by atoms with van der Waals surface area (Å²) in [7, 11) is 0. The average Bonchev–Trinajstić information content (AvgIpc) is 2.36. The van der Waals surface area contributed by atoms with E-state index in [0.29, 0.717) is 12.1 Å². The van der Waals surface area contributed by atoms with Gasteiger partial charge in [0.15, 0.2) is 0 Å². The lowest BCUT2D eigenvalue weighted by Gasteiger charge is -2.04. The van der Waals surface area contributed by atoms with Crippen LogP contribution >= 0.6 is 0 Å². The molecule has 3 N–H and O–H groups in total. The lowest BCUT2D eigenvalue weighted by molar-refractivity contribution is -0.142. The number of benzene rings is 1. The van der Waals surface area contributed by atoms with E-state index < -0.39 is 11.9 Å². The van der Waals surface area contributed by atoms with E-state index in [1.165, 1.54) is 13.0 Å². The van der Waals surface area contributed by atoms with Gasteiger partial charge in [-0.3, -0.25) is 4.79 Å². The summed E-state index contributed by atoms with van der Waals surface area (Å²) in [6.45, 7) is 1.69. The summed E-state index contributed by atoms with van der Waals surface area (Å²) in [6, 6.07) is 7.35. The highest BCUT2D eigenvalue weighted by Crippen LogP contribution is 2.07. The number of carbonyl (C=O) groups excluding carboxylic acids is 1. The van der Waals surface area contributed by atoms with Crippen molar-refractivity contribution in [3.05, 3.63) is 41.5 Å². The molecule has 0 saturated carbocycles. The Hall–Kier alpha value is -2.30. The molecule has 19 heavy (non-hydrogen) atoms. The summed E-state index contributed by atoms with van der Waals surface area (Å²) in [4.78, 5) is 21.9. The molecule has 0 radical (unpaired) electrons. The number of esters is 1. The predicted molar refractivity (Wildman–Crippen MR) is 71.5 cm³/mol. The zero-order valence-corrected chi connectivity index (χ0v) is 10.8. The molecule has 0 saturated heterocycles. The fraction of sp³-hybridized carbons (Fsp3) is 0.286. The van der Waals surface area contributed by atoms with Gasteiger partial charge in [0.1, 0.15) is 0 Å². The molecule has 5 nitrogen and oxygen atoms in total. The van der Waals surface area contributed by atoms with Crippen LogP contribution in [0.25, 0.3) is 0 Å². The smallest absolute Gasteiger partial charge is 0.330 e. The average molecular weight is 263 g/mol. The van der Waals surface area contributed by atoms with Gasteiger partial charge in [-0.15, -0.1) is 0 Å². The van der Waals surface area contributed by atoms with Gasteiger partial charge in [-0.05, 0) is 24.6 Å². The third-order valence-electron chi connectivity index (χ3n) is 2.52. The number of carboxylic acid groups (broad SMARTS) is 1. The molecule has 0 aromatic heterocycles. The third kappa shape index (κ3) is 5.72. The van der Waals surface area contributed by atoms with Crippen LogP contribution in [-0.4, -0.2) is 23.7 Å². The largest absolute Gasteiger partial charge is 0.478 e. The quantitative estimate of drug-likeness (QED) is 0.464. The standard InChI is InChI=1S/C14H17NO4/c1-10(14(17)18)5-6-13(16)19-8-7-11-3-2-4-12(15)9-11/h2-5,9H,6-8,15H2,1H3,(H,17,18)/b10-5+. The molecule has 1 aromatic carbocycles. The molecule has 0 bridgehead atoms. The minimum Gasteiger partial charge on any atom is -0.478 e. The van der Waals surface area contributed by atoms with Gasteiger partial charge in [0, 0.05) is 17.7 Å². The lowest BCUT2D eigenvalue weighted by Crippen LogP contribution is -2.07. The van der Waals surface area contributed by atoms with E-state index >= 15 is 0 Å². The van der Waals surface area contributed by atoms with Crippen LogP contribution in [0.15, 0.2) is 35.9 Å². The number of anilines is 1. The molecule has 0 aliphatic heterocycles. The van der Waals surface area contributed by atoms with Crippen molar-refractivity contribution < 1.29 is 19.4 Å². The van der Waals surface area contributed by atoms with Crippen LogP contribution in [0.4, 0.5) is 5.69 Å². The predicted octanol–water partition coefficient (Wildman–Crippen LogP) is 1.78. The van der Waals surface area contributed by atoms with E-state index in [9.17, 15) is 9.59 Å². The van der Waals surface area contributed by atoms with Crippen LogP contribution < -0.4 is 5.73 Å². The van der Waals surface area contributed by atoms with Crippen LogP contribution in [0.2, 0.25) is 0 Å². The van der Waals surface area contributed by atoms with Crippen molar-refractivity contribution >= 4 is 17.6 Å². The summed E-state index contributed by atoms with van der Waals surface area (Å²) < 4.78 is 5.00. The summed E-state index contributed by atoms with van der Waals surface area (Å²) in [6.07, 6.45) is 1.89. The van der Waals surface area contributed by atoms with E-state index in [1.807, 2.05) is 18.2 Å². The topological polar surface area (TPSA) is 89.6 Å². The Balaban J connectivity index is 2.31. The normalized spacial score (nSPS) is 11.1. The van der Waals surface area contributed by atoms with E-state index in [4.69, 9.17) is 15.6 Å². The molecule has 0 aliphatic carbocycles. The molecule has 102 valence electrons. The first-order chi connectivity index (χ1) is 8.99. The summed E-state index contributed by atoms with van der Waals surface area (Å²) in [5.74, 6) is -1.47. The second-order valence-electron chi connectivity index (χ2n) is 4.11. The molecule has 0 heterocycles. The zero-order valence-electron chi connectivity index (χ0n) is 10.8. The molecule has 1 aromatic rings. The van der Waals surface area contributed by atoms with E-state index in [1.54, 1.807) is 6.07 Å². The van der Waals surface area contributed by atoms with Crippen LogP contribution in [0.5, 0.6) is 0 Å². The van der Waals surface area contributed by atoms with Crippen molar-refractivity contribution in [3.63, 3.8) is 0 Å². The Labute approximate surface area is 111 Å². The van der Waals surface area contributed by atoms with Crippen molar-refractivity contribution in [1.82, 2.24) is 0 Å². The van der Waals surface area contributed by atoms with Gasteiger partial charge in [0.2, 0.25) is 0 Å². The molecule has 0 fully saturated rings. The fourth-order valence-electron chi connectivity index (χ4n) is 1.41. The highest BCUT2D eigenvalue weighted by molar-refractivity contribution is 5.86. The molecule has 0 spiro atoms. The number of carboxylic acids is 1. The van der Waals surface area contributed by atoms with Crippen molar-refractivity contribution in [2.45, 2.75) is 19.8 Å². The molecule has 5 heteroatoms. The van der Waals surface area contributed by atoms with Gasteiger partial charge in [-0.2, -0.15) is 0 Å². The van der Waals surface area contributed by atoms with E-state index in [2.05, 4.69) is 0 Å². The molecular formula is C14H17NO4. The minimum atomic E-state index is -1.03. The van der Waals surface area contributed by atoms with E-state index in [0.717, 1.165) is 5.56 Å². The summed E-state index contributed by atoms with van der Waals surface area (Å²) in [5, 5.41) is 8.61. The van der Waals surface area contributed by atoms with Crippen LogP contribution in [0, 0.1) is 0 Å². The van der Waals surface area contributed by atoms with Crippen molar-refractivity contribution in [2.24, 2.45) is 0 Å². The Morgan fingerprint density at radius 2 is 2.16 bits per heavy atom. The summed E-state index contributed by atoms with van der Waals surface area (Å²) in [5.41, 5.74) is 7.42. The first-order valence-corrected chi connectivity index (χ1v) is 5.89. The zero-order chi connectivity index (χ0) is 14.3. The molecule has 1 rings (SSSR count). The number of nitrogens with two attached hydrogens (primary N) is 1. The Bertz CT molecular complexity index is 494. The maximum absolute atomic E-state index is 11.3. The fourth-order valence-corrected chi connectivity index (χ4v) is 1.41. The highest BCUT2D eigenvalue weighted by atomic mass is 16.5. The molecule has 0 aliphatic rings. The number of aliphatic carboxylic acids is 1. The first-order valence-electron chi connectivity index (χ1n) is 5.89. The van der Waals surface area contributed by atoms with Gasteiger partial charge in [0.05, 0.1) is 13.0 Å². The number of nitrogen functional groups attached to an aromatic ring is 1. The SMILES string of the molecule is C/C(=C\CC(=O)OCCc1cccc(N)c1)C(=O)O. The third-order valence-corrected chi connectivity index (χ3v) is 2.52. The van der Waals surface area contributed by atoms with Crippen LogP contribution in [-0.2, 0) is 20.7 Å². The molecule has 0 amide bonds. The maximum Gasteiger partial charge on any atom is 0.330 e. The molecule has 0 unspecified atom stereocenters. The van der Waals surface area contributed by atoms with Gasteiger partial charge in [-0.1, -0.05) is 18.2 Å². The highest BCUT2D eigenvalue weighted by Gasteiger charge is 2.04. The maximum atomic E-state index is 11.3. The number of carbonyl (C=O) groups is 2. The van der Waals surface area contributed by atoms with E-state index in [-0.39, 0.29) is 18.6 Å². The second-order valence-corrected chi connectivity index (χ2v) is 4.11. The van der Waals surface area contributed by atoms with Crippen molar-refractivity contribution in [1.29, 1.82) is 0 Å². The number of ether oxygens (including phenoxy) is 1. The van der Waals surface area contributed by atoms with Gasteiger partial charge in [-0.25, -0.2) is 4.79 Å². The van der Waals surface area contributed by atoms with Crippen LogP contribution in [0.1, 0.15) is 18.9 Å². The number of hydrogen-bond donors (Lipinski definition) is 2. The minimum absolute atomic E-state index is 0.0327. The molecule has 0 atom stereocenters. The Morgan fingerprint density at radius 3 is 2.79 bits per heavy atom. The first kappa shape index (κ1) is 14.8. The number of rotatable bonds is 6. The van der Waals surface area contributed by atoms with Gasteiger partial charge >= 0.3 is 11.9 Å². The Morgan fingerprint density at radius 1 is 1.42 bits per heavy atom. The van der Waals surface area contributed by atoms with Gasteiger partial charge < -0.3 is 15.6 Å². The van der Waals surface area contributed by atoms with Crippen molar-refractivity contribution in [3.8, 4) is 0 Å². The summed E-state index contributed by atoms with van der Waals surface area (Å²) >= 11 is 0. The number of hydrogen-bond acceptors (Lipinski definition) is 4. The van der Waals surface area contributed by atoms with Crippen LogP contribution in [0.3, 0.4) is 0 Å². The monoisotopic (exact) mass is 263 g/mol. The van der Waals surface area contributed by atoms with Crippen molar-refractivity contribution in [2.75, 3.05) is 12.3 Å². The second kappa shape index (κ2) is 7.20. The Kier molecular flexibility index (Phi) is 5.60. The van der Waals surface area contributed by atoms with Gasteiger partial charge in [0.25, 0.3) is 0 Å². The molecular weight excluding hydrogens is 246 g/mol. The lowest BCUT2D eigenvalue weighted by atomic mass is 10.1.